The fraction of sp³-hybridized carbons (Fsp3) is 0.200. The standard InChI is InChI=1S/C20H20N2O10S/c1-32-17-6-11(19(27)22-13(10-23)7-18(25)26)2-3-12(17)9-21-33(30,31)14-4-5-16(24)15(8-14)20(28)29/h2-6,8,10,13,21,24H,7,9H2,1H3,(H,22,27)(H,25,26)(H,28,29)/t13-/m0/s1. The predicted molar refractivity (Wildman–Crippen MR) is 112 cm³/mol. The maximum atomic E-state index is 12.5. The van der Waals surface area contributed by atoms with E-state index < -0.39 is 51.6 Å². The molecule has 2 rings (SSSR count). The number of aromatic hydroxyl groups is 1. The molecule has 0 fully saturated rings. The third kappa shape index (κ3) is 6.51. The average Bonchev–Trinajstić information content (AvgIpc) is 2.76. The van der Waals surface area contributed by atoms with Gasteiger partial charge in [0.2, 0.25) is 10.0 Å². The molecule has 1 amide bonds. The zero-order chi connectivity index (χ0) is 24.8. The number of ether oxygens (including phenoxy) is 1. The Bertz CT molecular complexity index is 1190. The molecule has 2 aromatic carbocycles. The highest BCUT2D eigenvalue weighted by Crippen LogP contribution is 2.23. The summed E-state index contributed by atoms with van der Waals surface area (Å²) >= 11 is 0. The number of carboxylic acids is 2. The number of aldehydes is 1. The first-order chi connectivity index (χ1) is 15.5. The molecule has 0 radical (unpaired) electrons. The first-order valence-electron chi connectivity index (χ1n) is 9.19. The van der Waals surface area contributed by atoms with Gasteiger partial charge in [0, 0.05) is 17.7 Å². The van der Waals surface area contributed by atoms with Crippen molar-refractivity contribution in [3.05, 3.63) is 53.1 Å². The van der Waals surface area contributed by atoms with E-state index in [0.29, 0.717) is 11.8 Å². The second-order valence-corrected chi connectivity index (χ2v) is 8.42. The van der Waals surface area contributed by atoms with Gasteiger partial charge in [-0.1, -0.05) is 6.07 Å². The van der Waals surface area contributed by atoms with Gasteiger partial charge in [-0.25, -0.2) is 17.9 Å². The van der Waals surface area contributed by atoms with Gasteiger partial charge in [0.1, 0.15) is 23.3 Å². The van der Waals surface area contributed by atoms with Crippen molar-refractivity contribution in [2.75, 3.05) is 7.11 Å². The molecule has 0 aliphatic heterocycles. The molecule has 13 heteroatoms. The molecule has 176 valence electrons. The van der Waals surface area contributed by atoms with Crippen LogP contribution in [0.15, 0.2) is 41.3 Å². The van der Waals surface area contributed by atoms with Crippen molar-refractivity contribution in [3.63, 3.8) is 0 Å². The summed E-state index contributed by atoms with van der Waals surface area (Å²) in [4.78, 5) is 44.7. The number of nitrogens with one attached hydrogen (secondary N) is 2. The zero-order valence-electron chi connectivity index (χ0n) is 17.1. The van der Waals surface area contributed by atoms with Crippen molar-refractivity contribution in [2.45, 2.75) is 23.9 Å². The number of hydrogen-bond donors (Lipinski definition) is 5. The highest BCUT2D eigenvalue weighted by Gasteiger charge is 2.21. The van der Waals surface area contributed by atoms with Crippen LogP contribution in [-0.2, 0) is 26.2 Å². The number of carboxylic acid groups (broad SMARTS) is 2. The second kappa shape index (κ2) is 10.6. The van der Waals surface area contributed by atoms with Crippen LogP contribution in [0.1, 0.15) is 32.7 Å². The van der Waals surface area contributed by atoms with E-state index in [1.807, 2.05) is 0 Å². The molecule has 0 aliphatic rings. The van der Waals surface area contributed by atoms with E-state index in [1.165, 1.54) is 25.3 Å². The number of benzene rings is 2. The summed E-state index contributed by atoms with van der Waals surface area (Å²) in [5, 5.41) is 29.6. The van der Waals surface area contributed by atoms with Crippen molar-refractivity contribution in [1.29, 1.82) is 0 Å². The van der Waals surface area contributed by atoms with Crippen LogP contribution in [0.3, 0.4) is 0 Å². The van der Waals surface area contributed by atoms with E-state index in [4.69, 9.17) is 14.9 Å². The molecule has 0 saturated carbocycles. The number of aliphatic carboxylic acids is 1. The first kappa shape index (κ1) is 25.3. The minimum atomic E-state index is -4.17. The highest BCUT2D eigenvalue weighted by atomic mass is 32.2. The molecule has 0 aliphatic carbocycles. The molecule has 0 aromatic heterocycles. The number of methoxy groups -OCH3 is 1. The van der Waals surface area contributed by atoms with Gasteiger partial charge in [-0.15, -0.1) is 0 Å². The lowest BCUT2D eigenvalue weighted by atomic mass is 10.1. The van der Waals surface area contributed by atoms with Gasteiger partial charge in [0.05, 0.1) is 24.5 Å². The van der Waals surface area contributed by atoms with Crippen LogP contribution in [0.2, 0.25) is 0 Å². The largest absolute Gasteiger partial charge is 0.507 e. The third-order valence-corrected chi connectivity index (χ3v) is 5.78. The fourth-order valence-electron chi connectivity index (χ4n) is 2.71. The Morgan fingerprint density at radius 2 is 1.82 bits per heavy atom. The molecular weight excluding hydrogens is 460 g/mol. The van der Waals surface area contributed by atoms with Crippen LogP contribution in [0.25, 0.3) is 0 Å². The molecule has 0 saturated heterocycles. The maximum Gasteiger partial charge on any atom is 0.339 e. The molecule has 5 N–H and O–H groups in total. The van der Waals surface area contributed by atoms with Crippen LogP contribution in [0.4, 0.5) is 0 Å². The van der Waals surface area contributed by atoms with Crippen molar-refractivity contribution in [1.82, 2.24) is 10.0 Å². The summed E-state index contributed by atoms with van der Waals surface area (Å²) < 4.78 is 32.5. The van der Waals surface area contributed by atoms with Gasteiger partial charge in [0.25, 0.3) is 5.91 Å². The summed E-state index contributed by atoms with van der Waals surface area (Å²) in [5.41, 5.74) is -0.213. The molecular formula is C20H20N2O10S. The fourth-order valence-corrected chi connectivity index (χ4v) is 3.75. The van der Waals surface area contributed by atoms with Gasteiger partial charge in [0.15, 0.2) is 0 Å². The molecule has 12 nitrogen and oxygen atoms in total. The summed E-state index contributed by atoms with van der Waals surface area (Å²) in [6.07, 6.45) is -0.293. The molecule has 0 spiro atoms. The minimum absolute atomic E-state index is 0.0420. The molecule has 0 heterocycles. The van der Waals surface area contributed by atoms with E-state index in [9.17, 15) is 32.7 Å². The molecule has 0 bridgehead atoms. The minimum Gasteiger partial charge on any atom is -0.507 e. The average molecular weight is 480 g/mol. The third-order valence-electron chi connectivity index (χ3n) is 4.39. The van der Waals surface area contributed by atoms with Gasteiger partial charge < -0.3 is 30.2 Å². The Morgan fingerprint density at radius 3 is 2.39 bits per heavy atom. The number of aromatic carboxylic acids is 1. The highest BCUT2D eigenvalue weighted by molar-refractivity contribution is 7.89. The van der Waals surface area contributed by atoms with Crippen molar-refractivity contribution in [2.24, 2.45) is 0 Å². The lowest BCUT2D eigenvalue weighted by molar-refractivity contribution is -0.138. The van der Waals surface area contributed by atoms with E-state index in [-0.39, 0.29) is 22.8 Å². The van der Waals surface area contributed by atoms with Crippen LogP contribution in [0.5, 0.6) is 11.5 Å². The van der Waals surface area contributed by atoms with Crippen molar-refractivity contribution in [3.8, 4) is 11.5 Å². The van der Waals surface area contributed by atoms with E-state index in [2.05, 4.69) is 10.0 Å². The number of phenols is 1. The smallest absolute Gasteiger partial charge is 0.339 e. The summed E-state index contributed by atoms with van der Waals surface area (Å²) in [6, 6.07) is 5.57. The monoisotopic (exact) mass is 480 g/mol. The normalized spacial score (nSPS) is 11.9. The summed E-state index contributed by atoms with van der Waals surface area (Å²) in [6.45, 7) is -0.285. The van der Waals surface area contributed by atoms with Crippen molar-refractivity contribution >= 4 is 34.2 Å². The number of sulfonamides is 1. The Morgan fingerprint density at radius 1 is 1.12 bits per heavy atom. The molecule has 33 heavy (non-hydrogen) atoms. The Hall–Kier alpha value is -3.97. The summed E-state index contributed by atoms with van der Waals surface area (Å²) in [5.74, 6) is -3.96. The van der Waals surface area contributed by atoms with Crippen LogP contribution in [-0.4, -0.2) is 61.0 Å². The second-order valence-electron chi connectivity index (χ2n) is 6.65. The lowest BCUT2D eigenvalue weighted by Gasteiger charge is -2.14. The Kier molecular flexibility index (Phi) is 8.10. The summed E-state index contributed by atoms with van der Waals surface area (Å²) in [7, 11) is -2.88. The number of carbonyl (C=O) groups is 4. The van der Waals surface area contributed by atoms with E-state index >= 15 is 0 Å². The topological polar surface area (TPSA) is 196 Å². The lowest BCUT2D eigenvalue weighted by Crippen LogP contribution is -2.37. The van der Waals surface area contributed by atoms with Gasteiger partial charge in [-0.2, -0.15) is 0 Å². The maximum absolute atomic E-state index is 12.5. The molecule has 1 atom stereocenters. The number of carbonyl (C=O) groups excluding carboxylic acids is 2. The molecule has 2 aromatic rings. The number of amides is 1. The van der Waals surface area contributed by atoms with Gasteiger partial charge >= 0.3 is 11.9 Å². The van der Waals surface area contributed by atoms with Crippen molar-refractivity contribution < 1.29 is 47.7 Å². The SMILES string of the molecule is COc1cc(C(=O)N[C@H](C=O)CC(=O)O)ccc1CNS(=O)(=O)c1ccc(O)c(C(=O)O)c1. The quantitative estimate of drug-likeness (QED) is 0.280. The van der Waals surface area contributed by atoms with Crippen LogP contribution >= 0.6 is 0 Å². The van der Waals surface area contributed by atoms with Gasteiger partial charge in [-0.3, -0.25) is 9.59 Å². The van der Waals surface area contributed by atoms with E-state index in [0.717, 1.165) is 18.2 Å². The number of hydrogen-bond acceptors (Lipinski definition) is 8. The van der Waals surface area contributed by atoms with Gasteiger partial charge in [-0.05, 0) is 30.3 Å². The van der Waals surface area contributed by atoms with Crippen LogP contribution < -0.4 is 14.8 Å². The Balaban J connectivity index is 2.19. The van der Waals surface area contributed by atoms with E-state index in [1.54, 1.807) is 0 Å². The predicted octanol–water partition coefficient (Wildman–Crippen LogP) is 0.350. The first-order valence-corrected chi connectivity index (χ1v) is 10.7. The Labute approximate surface area is 187 Å². The van der Waals surface area contributed by atoms with Crippen LogP contribution in [0, 0.1) is 0 Å². The molecule has 0 unspecified atom stereocenters. The number of rotatable bonds is 11. The zero-order valence-corrected chi connectivity index (χ0v) is 18.0.